The van der Waals surface area contributed by atoms with Crippen molar-refractivity contribution in [3.05, 3.63) is 0 Å². The summed E-state index contributed by atoms with van der Waals surface area (Å²) in [6.45, 7) is 6.72. The molecule has 8 nitrogen and oxygen atoms in total. The minimum absolute atomic E-state index is 0.0759. The third-order valence-corrected chi connectivity index (χ3v) is 5.02. The van der Waals surface area contributed by atoms with Gasteiger partial charge in [-0.1, -0.05) is 13.8 Å². The largest absolute Gasteiger partial charge is 0.756 e. The summed E-state index contributed by atoms with van der Waals surface area (Å²) in [5, 5.41) is 5.04. The van der Waals surface area contributed by atoms with E-state index < -0.39 is 13.9 Å². The van der Waals surface area contributed by atoms with Gasteiger partial charge in [0.2, 0.25) is 11.8 Å². The van der Waals surface area contributed by atoms with Gasteiger partial charge in [-0.2, -0.15) is 0 Å². The maximum absolute atomic E-state index is 12.0. The van der Waals surface area contributed by atoms with E-state index in [1.807, 2.05) is 0 Å². The minimum atomic E-state index is -4.46. The Labute approximate surface area is 143 Å². The molecule has 1 saturated carbocycles. The molecule has 1 aliphatic rings. The number of nitrogens with one attached hydrogen (secondary N) is 2. The van der Waals surface area contributed by atoms with Gasteiger partial charge >= 0.3 is 0 Å². The van der Waals surface area contributed by atoms with E-state index in [1.54, 1.807) is 0 Å². The Morgan fingerprint density at radius 2 is 1.83 bits per heavy atom. The van der Waals surface area contributed by atoms with Gasteiger partial charge in [-0.15, -0.1) is 0 Å². The van der Waals surface area contributed by atoms with Crippen molar-refractivity contribution in [2.45, 2.75) is 65.5 Å². The Balaban J connectivity index is 2.47. The van der Waals surface area contributed by atoms with Gasteiger partial charge < -0.3 is 24.6 Å². The van der Waals surface area contributed by atoms with Crippen molar-refractivity contribution in [2.24, 2.45) is 5.41 Å². The van der Waals surface area contributed by atoms with Gasteiger partial charge in [0.05, 0.1) is 18.8 Å². The second kappa shape index (κ2) is 8.94. The smallest absolute Gasteiger partial charge is 0.268 e. The van der Waals surface area contributed by atoms with Gasteiger partial charge in [-0.05, 0) is 31.1 Å². The van der Waals surface area contributed by atoms with Crippen LogP contribution in [-0.4, -0.2) is 37.1 Å². The van der Waals surface area contributed by atoms with Crippen LogP contribution in [0.4, 0.5) is 0 Å². The molecular formula is C15H28N2O6P-. The van der Waals surface area contributed by atoms with Crippen LogP contribution < -0.4 is 15.5 Å². The summed E-state index contributed by atoms with van der Waals surface area (Å²) in [5.74, 6) is -0.623. The van der Waals surface area contributed by atoms with Crippen LogP contribution in [0, 0.1) is 5.41 Å². The van der Waals surface area contributed by atoms with Gasteiger partial charge in [0, 0.05) is 20.4 Å². The molecule has 0 aromatic rings. The molecule has 0 radical (unpaired) electrons. The molecule has 0 saturated heterocycles. The lowest BCUT2D eigenvalue weighted by Crippen LogP contribution is -2.45. The predicted molar refractivity (Wildman–Crippen MR) is 87.0 cm³/mol. The molecule has 1 rings (SSSR count). The van der Waals surface area contributed by atoms with E-state index in [9.17, 15) is 19.0 Å². The fourth-order valence-corrected chi connectivity index (χ4v) is 3.58. The van der Waals surface area contributed by atoms with Gasteiger partial charge in [0.15, 0.2) is 0 Å². The molecule has 2 amide bonds. The summed E-state index contributed by atoms with van der Waals surface area (Å²) in [7, 11) is -4.46. The maximum Gasteiger partial charge on any atom is 0.268 e. The average Bonchev–Trinajstić information content (AvgIpc) is 2.43. The summed E-state index contributed by atoms with van der Waals surface area (Å²) in [6, 6.07) is -0.650. The molecule has 1 aliphatic carbocycles. The molecule has 140 valence electrons. The number of carbonyl (C=O) groups is 2. The van der Waals surface area contributed by atoms with Crippen molar-refractivity contribution in [1.82, 2.24) is 10.6 Å². The highest BCUT2D eigenvalue weighted by molar-refractivity contribution is 7.45. The Morgan fingerprint density at radius 1 is 1.25 bits per heavy atom. The van der Waals surface area contributed by atoms with E-state index >= 15 is 0 Å². The summed E-state index contributed by atoms with van der Waals surface area (Å²) in [4.78, 5) is 34.1. The van der Waals surface area contributed by atoms with E-state index in [-0.39, 0.29) is 36.5 Å². The Bertz CT molecular complexity index is 486. The fraction of sp³-hybridized carbons (Fsp3) is 0.867. The number of carbonyl (C=O) groups excluding carboxylic acids is 2. The first-order valence-electron chi connectivity index (χ1n) is 8.15. The third-order valence-electron chi connectivity index (χ3n) is 4.00. The van der Waals surface area contributed by atoms with Gasteiger partial charge in [0.1, 0.15) is 0 Å². The number of phosphoric acid groups is 1. The lowest BCUT2D eigenvalue weighted by molar-refractivity contribution is -0.231. The quantitative estimate of drug-likeness (QED) is 0.624. The molecule has 0 aromatic carbocycles. The van der Waals surface area contributed by atoms with Crippen molar-refractivity contribution in [3.8, 4) is 0 Å². The number of phosphoric ester groups is 1. The molecule has 0 bridgehead atoms. The number of rotatable bonds is 8. The second-order valence-corrected chi connectivity index (χ2v) is 8.41. The van der Waals surface area contributed by atoms with Crippen molar-refractivity contribution in [2.75, 3.05) is 13.2 Å². The number of hydrogen-bond acceptors (Lipinski definition) is 6. The van der Waals surface area contributed by atoms with E-state index in [4.69, 9.17) is 9.05 Å². The fourth-order valence-electron chi connectivity index (χ4n) is 2.58. The van der Waals surface area contributed by atoms with Crippen LogP contribution in [0.2, 0.25) is 0 Å². The van der Waals surface area contributed by atoms with Gasteiger partial charge in [0.25, 0.3) is 7.82 Å². The van der Waals surface area contributed by atoms with E-state index in [0.29, 0.717) is 12.8 Å². The molecule has 0 heterocycles. The predicted octanol–water partition coefficient (Wildman–Crippen LogP) is 1.10. The number of hydrogen-bond donors (Lipinski definition) is 2. The third kappa shape index (κ3) is 8.78. The van der Waals surface area contributed by atoms with Crippen LogP contribution in [0.15, 0.2) is 0 Å². The standard InChI is InChI=1S/C15H29N2O6P/c1-11(18)16-9-13(17-12(2)19)10-22-24(20,21)23-14-5-7-15(3,4)8-6-14/h13-14H,5-10H2,1-4H3,(H,16,18)(H,17,19)(H,20,21)/p-1. The summed E-state index contributed by atoms with van der Waals surface area (Å²) < 4.78 is 22.0. The maximum atomic E-state index is 12.0. The Kier molecular flexibility index (Phi) is 7.86. The summed E-state index contributed by atoms with van der Waals surface area (Å²) in [5.41, 5.74) is 0.211. The highest BCUT2D eigenvalue weighted by Gasteiger charge is 2.29. The monoisotopic (exact) mass is 363 g/mol. The van der Waals surface area contributed by atoms with Gasteiger partial charge in [-0.25, -0.2) is 0 Å². The zero-order valence-corrected chi connectivity index (χ0v) is 15.7. The number of amides is 2. The molecule has 0 spiro atoms. The highest BCUT2D eigenvalue weighted by Crippen LogP contribution is 2.45. The lowest BCUT2D eigenvalue weighted by Gasteiger charge is -2.37. The first kappa shape index (κ1) is 21.1. The molecule has 0 aliphatic heterocycles. The first-order chi connectivity index (χ1) is 11.0. The minimum Gasteiger partial charge on any atom is -0.756 e. The molecule has 0 aromatic heterocycles. The Hall–Kier alpha value is -0.950. The summed E-state index contributed by atoms with van der Waals surface area (Å²) >= 11 is 0. The van der Waals surface area contributed by atoms with Crippen LogP contribution in [0.3, 0.4) is 0 Å². The van der Waals surface area contributed by atoms with E-state index in [2.05, 4.69) is 24.5 Å². The lowest BCUT2D eigenvalue weighted by atomic mass is 9.76. The molecule has 24 heavy (non-hydrogen) atoms. The van der Waals surface area contributed by atoms with E-state index in [0.717, 1.165) is 12.8 Å². The summed E-state index contributed by atoms with van der Waals surface area (Å²) in [6.07, 6.45) is 2.77. The second-order valence-electron chi connectivity index (χ2n) is 7.05. The van der Waals surface area contributed by atoms with Gasteiger partial charge in [-0.3, -0.25) is 14.2 Å². The van der Waals surface area contributed by atoms with Crippen molar-refractivity contribution in [1.29, 1.82) is 0 Å². The SMILES string of the molecule is CC(=O)NCC(COP(=O)([O-])OC1CCC(C)(C)CC1)NC(C)=O. The van der Waals surface area contributed by atoms with Crippen molar-refractivity contribution in [3.63, 3.8) is 0 Å². The van der Waals surface area contributed by atoms with Crippen molar-refractivity contribution < 1.29 is 28.1 Å². The van der Waals surface area contributed by atoms with Crippen molar-refractivity contribution >= 4 is 19.6 Å². The molecule has 2 N–H and O–H groups in total. The topological polar surface area (TPSA) is 117 Å². The van der Waals surface area contributed by atoms with E-state index in [1.165, 1.54) is 13.8 Å². The van der Waals surface area contributed by atoms with Crippen LogP contribution >= 0.6 is 7.82 Å². The zero-order valence-electron chi connectivity index (χ0n) is 14.8. The zero-order chi connectivity index (χ0) is 18.4. The average molecular weight is 363 g/mol. The molecule has 2 unspecified atom stereocenters. The highest BCUT2D eigenvalue weighted by atomic mass is 31.2. The normalized spacial score (nSPS) is 21.5. The molecule has 9 heteroatoms. The van der Waals surface area contributed by atoms with Crippen LogP contribution in [0.5, 0.6) is 0 Å². The van der Waals surface area contributed by atoms with Crippen LogP contribution in [-0.2, 0) is 23.2 Å². The Morgan fingerprint density at radius 3 is 2.33 bits per heavy atom. The first-order valence-corrected chi connectivity index (χ1v) is 9.61. The van der Waals surface area contributed by atoms with Crippen LogP contribution in [0.25, 0.3) is 0 Å². The molecular weight excluding hydrogens is 335 g/mol. The van der Waals surface area contributed by atoms with Crippen LogP contribution in [0.1, 0.15) is 53.4 Å². The molecule has 2 atom stereocenters. The molecule has 1 fully saturated rings.